The maximum atomic E-state index is 6.55. The maximum absolute atomic E-state index is 6.55. The summed E-state index contributed by atoms with van der Waals surface area (Å²) in [6.07, 6.45) is 0. The molecule has 0 amide bonds. The number of benzene rings is 7. The van der Waals surface area contributed by atoms with Gasteiger partial charge in [-0.1, -0.05) is 135 Å². The molecule has 1 aliphatic carbocycles. The van der Waals surface area contributed by atoms with Gasteiger partial charge < -0.3 is 9.32 Å². The lowest BCUT2D eigenvalue weighted by atomic mass is 9.82. The molecule has 47 heavy (non-hydrogen) atoms. The minimum Gasteiger partial charge on any atom is -0.436 e. The van der Waals surface area contributed by atoms with Crippen LogP contribution in [0.3, 0.4) is 0 Å². The summed E-state index contributed by atoms with van der Waals surface area (Å²) in [4.78, 5) is 7.44. The van der Waals surface area contributed by atoms with E-state index in [9.17, 15) is 0 Å². The lowest BCUT2D eigenvalue weighted by Crippen LogP contribution is -2.17. The van der Waals surface area contributed by atoms with Crippen molar-refractivity contribution in [1.29, 1.82) is 0 Å². The standard InChI is InChI=1S/C44H32N2O/c1-44(2)37-23-13-11-20-33(37)34-26-25-31(27-38(34)44)46(39-24-14-12-19-32(39)29-15-5-3-6-16-29)40-28-41-42(36-22-10-9-21-35(36)40)45-43(47-41)30-17-7-4-8-18-30/h3-28H,1-2H3. The van der Waals surface area contributed by atoms with Crippen LogP contribution in [0.2, 0.25) is 0 Å². The van der Waals surface area contributed by atoms with Crippen molar-refractivity contribution < 1.29 is 4.42 Å². The number of fused-ring (bicyclic) bond motifs is 6. The van der Waals surface area contributed by atoms with Crippen molar-refractivity contribution in [1.82, 2.24) is 4.98 Å². The Hall–Kier alpha value is -5.93. The zero-order valence-corrected chi connectivity index (χ0v) is 26.3. The largest absolute Gasteiger partial charge is 0.436 e. The van der Waals surface area contributed by atoms with Crippen molar-refractivity contribution in [2.24, 2.45) is 0 Å². The molecule has 1 aliphatic rings. The lowest BCUT2D eigenvalue weighted by molar-refractivity contribution is 0.620. The monoisotopic (exact) mass is 604 g/mol. The Balaban J connectivity index is 1.34. The van der Waals surface area contributed by atoms with E-state index in [1.54, 1.807) is 0 Å². The zero-order valence-electron chi connectivity index (χ0n) is 26.3. The van der Waals surface area contributed by atoms with Crippen LogP contribution in [0.4, 0.5) is 17.1 Å². The second-order valence-corrected chi connectivity index (χ2v) is 12.8. The molecule has 0 aliphatic heterocycles. The Morgan fingerprint density at radius 3 is 1.91 bits per heavy atom. The van der Waals surface area contributed by atoms with Gasteiger partial charge in [0.15, 0.2) is 5.58 Å². The Labute approximate surface area is 274 Å². The molecule has 0 saturated carbocycles. The van der Waals surface area contributed by atoms with Gasteiger partial charge in [-0.2, -0.15) is 0 Å². The molecule has 3 nitrogen and oxygen atoms in total. The highest BCUT2D eigenvalue weighted by atomic mass is 16.3. The molecule has 1 aromatic heterocycles. The predicted molar refractivity (Wildman–Crippen MR) is 195 cm³/mol. The minimum atomic E-state index is -0.131. The molecular weight excluding hydrogens is 572 g/mol. The van der Waals surface area contributed by atoms with Crippen LogP contribution in [-0.4, -0.2) is 4.98 Å². The molecule has 0 unspecified atom stereocenters. The second kappa shape index (κ2) is 10.6. The van der Waals surface area contributed by atoms with Crippen LogP contribution in [0.1, 0.15) is 25.0 Å². The summed E-state index contributed by atoms with van der Waals surface area (Å²) >= 11 is 0. The third-order valence-electron chi connectivity index (χ3n) is 9.70. The fourth-order valence-corrected chi connectivity index (χ4v) is 7.40. The predicted octanol–water partition coefficient (Wildman–Crippen LogP) is 12.1. The Morgan fingerprint density at radius 1 is 0.511 bits per heavy atom. The van der Waals surface area contributed by atoms with Crippen LogP contribution in [-0.2, 0) is 5.41 Å². The van der Waals surface area contributed by atoms with Gasteiger partial charge in [-0.15, -0.1) is 0 Å². The van der Waals surface area contributed by atoms with E-state index in [-0.39, 0.29) is 5.41 Å². The number of oxazole rings is 1. The van der Waals surface area contributed by atoms with Gasteiger partial charge in [0, 0.05) is 39.1 Å². The second-order valence-electron chi connectivity index (χ2n) is 12.8. The SMILES string of the molecule is CC1(C)c2ccccc2-c2ccc(N(c3ccccc3-c3ccccc3)c3cc4oc(-c5ccccc5)nc4c4ccccc34)cc21. The van der Waals surface area contributed by atoms with Crippen LogP contribution in [0.5, 0.6) is 0 Å². The number of para-hydroxylation sites is 1. The number of nitrogens with zero attached hydrogens (tertiary/aromatic N) is 2. The number of rotatable bonds is 5. The quantitative estimate of drug-likeness (QED) is 0.196. The van der Waals surface area contributed by atoms with Gasteiger partial charge in [0.05, 0.1) is 11.4 Å². The first kappa shape index (κ1) is 27.4. The van der Waals surface area contributed by atoms with Crippen molar-refractivity contribution in [2.45, 2.75) is 19.3 Å². The zero-order chi connectivity index (χ0) is 31.5. The van der Waals surface area contributed by atoms with E-state index in [0.29, 0.717) is 5.89 Å². The highest BCUT2D eigenvalue weighted by Gasteiger charge is 2.36. The van der Waals surface area contributed by atoms with Crippen LogP contribution in [0, 0.1) is 0 Å². The number of aromatic nitrogens is 1. The van der Waals surface area contributed by atoms with E-state index in [0.717, 1.165) is 50.1 Å². The van der Waals surface area contributed by atoms with Gasteiger partial charge in [0.25, 0.3) is 0 Å². The molecule has 0 fully saturated rings. The Bertz CT molecular complexity index is 2440. The van der Waals surface area contributed by atoms with Crippen LogP contribution in [0.25, 0.3) is 55.6 Å². The molecule has 7 aromatic carbocycles. The van der Waals surface area contributed by atoms with E-state index in [4.69, 9.17) is 9.40 Å². The first-order valence-electron chi connectivity index (χ1n) is 16.1. The highest BCUT2D eigenvalue weighted by molar-refractivity contribution is 6.12. The summed E-state index contributed by atoms with van der Waals surface area (Å²) in [5.41, 5.74) is 13.3. The van der Waals surface area contributed by atoms with Crippen molar-refractivity contribution in [2.75, 3.05) is 4.90 Å². The molecule has 9 rings (SSSR count). The van der Waals surface area contributed by atoms with E-state index in [2.05, 4.69) is 146 Å². The van der Waals surface area contributed by atoms with Crippen molar-refractivity contribution in [3.8, 4) is 33.7 Å². The first-order chi connectivity index (χ1) is 23.1. The minimum absolute atomic E-state index is 0.131. The van der Waals surface area contributed by atoms with Crippen LogP contribution >= 0.6 is 0 Å². The van der Waals surface area contributed by atoms with Gasteiger partial charge in [-0.05, 0) is 58.1 Å². The van der Waals surface area contributed by atoms with E-state index in [1.807, 2.05) is 30.3 Å². The smallest absolute Gasteiger partial charge is 0.227 e. The Kier molecular flexibility index (Phi) is 6.16. The number of hydrogen-bond donors (Lipinski definition) is 0. The van der Waals surface area contributed by atoms with Gasteiger partial charge >= 0.3 is 0 Å². The highest BCUT2D eigenvalue weighted by Crippen LogP contribution is 2.52. The summed E-state index contributed by atoms with van der Waals surface area (Å²) in [7, 11) is 0. The van der Waals surface area contributed by atoms with Gasteiger partial charge in [-0.25, -0.2) is 4.98 Å². The third kappa shape index (κ3) is 4.31. The van der Waals surface area contributed by atoms with E-state index >= 15 is 0 Å². The summed E-state index contributed by atoms with van der Waals surface area (Å²) < 4.78 is 6.55. The molecule has 0 N–H and O–H groups in total. The molecule has 0 atom stereocenters. The fourth-order valence-electron chi connectivity index (χ4n) is 7.40. The molecule has 3 heteroatoms. The normalized spacial score (nSPS) is 13.1. The Morgan fingerprint density at radius 2 is 1.13 bits per heavy atom. The first-order valence-corrected chi connectivity index (χ1v) is 16.1. The van der Waals surface area contributed by atoms with E-state index in [1.165, 1.54) is 27.8 Å². The maximum Gasteiger partial charge on any atom is 0.227 e. The van der Waals surface area contributed by atoms with Crippen molar-refractivity contribution in [3.63, 3.8) is 0 Å². The summed E-state index contributed by atoms with van der Waals surface area (Å²) in [6, 6.07) is 56.0. The summed E-state index contributed by atoms with van der Waals surface area (Å²) in [5, 5.41) is 2.17. The molecule has 0 saturated heterocycles. The van der Waals surface area contributed by atoms with Crippen molar-refractivity contribution in [3.05, 3.63) is 169 Å². The molecular formula is C44H32N2O. The summed E-state index contributed by atoms with van der Waals surface area (Å²) in [6.45, 7) is 4.68. The summed E-state index contributed by atoms with van der Waals surface area (Å²) in [5.74, 6) is 0.621. The third-order valence-corrected chi connectivity index (χ3v) is 9.70. The van der Waals surface area contributed by atoms with Gasteiger partial charge in [-0.3, -0.25) is 0 Å². The topological polar surface area (TPSA) is 29.3 Å². The molecule has 0 spiro atoms. The average Bonchev–Trinajstić information content (AvgIpc) is 3.66. The number of hydrogen-bond acceptors (Lipinski definition) is 3. The van der Waals surface area contributed by atoms with Crippen LogP contribution in [0.15, 0.2) is 162 Å². The molecule has 0 bridgehead atoms. The molecule has 224 valence electrons. The molecule has 1 heterocycles. The average molecular weight is 605 g/mol. The van der Waals surface area contributed by atoms with Gasteiger partial charge in [0.2, 0.25) is 5.89 Å². The number of anilines is 3. The van der Waals surface area contributed by atoms with E-state index < -0.39 is 0 Å². The lowest BCUT2D eigenvalue weighted by Gasteiger charge is -2.30. The molecule has 0 radical (unpaired) electrons. The molecule has 8 aromatic rings. The van der Waals surface area contributed by atoms with Crippen molar-refractivity contribution >= 4 is 38.9 Å². The van der Waals surface area contributed by atoms with Gasteiger partial charge in [0.1, 0.15) is 5.52 Å². The van der Waals surface area contributed by atoms with Crippen LogP contribution < -0.4 is 4.90 Å². The fraction of sp³-hybridized carbons (Fsp3) is 0.0682.